The molecule has 2 fully saturated rings. The molecule has 1 aliphatic heterocycles. The molecule has 0 atom stereocenters. The Morgan fingerprint density at radius 3 is 2.46 bits per heavy atom. The SMILES string of the molecule is CCC1(CNC(=NC)NCCS(=O)(=O)N2CCSCC2)CCCC1. The van der Waals surface area contributed by atoms with Crippen molar-refractivity contribution in [2.45, 2.75) is 39.0 Å². The van der Waals surface area contributed by atoms with Gasteiger partial charge in [-0.3, -0.25) is 4.99 Å². The van der Waals surface area contributed by atoms with Crippen LogP contribution in [-0.4, -0.2) is 69.2 Å². The van der Waals surface area contributed by atoms with Crippen LogP contribution in [0.15, 0.2) is 4.99 Å². The summed E-state index contributed by atoms with van der Waals surface area (Å²) in [5, 5.41) is 6.55. The molecule has 0 aromatic carbocycles. The smallest absolute Gasteiger partial charge is 0.215 e. The van der Waals surface area contributed by atoms with E-state index in [4.69, 9.17) is 0 Å². The normalized spacial score (nSPS) is 22.5. The average molecular weight is 377 g/mol. The summed E-state index contributed by atoms with van der Waals surface area (Å²) in [5.41, 5.74) is 0.384. The third-order valence-electron chi connectivity index (χ3n) is 5.28. The fourth-order valence-corrected chi connectivity index (χ4v) is 6.02. The van der Waals surface area contributed by atoms with Gasteiger partial charge in [0, 0.05) is 44.7 Å². The van der Waals surface area contributed by atoms with Crippen LogP contribution in [0, 0.1) is 5.41 Å². The van der Waals surface area contributed by atoms with Gasteiger partial charge < -0.3 is 10.6 Å². The molecule has 2 N–H and O–H groups in total. The Labute approximate surface area is 151 Å². The van der Waals surface area contributed by atoms with Gasteiger partial charge in [-0.1, -0.05) is 19.8 Å². The molecule has 0 spiro atoms. The number of guanidine groups is 1. The van der Waals surface area contributed by atoms with E-state index in [0.717, 1.165) is 18.1 Å². The van der Waals surface area contributed by atoms with Crippen LogP contribution in [-0.2, 0) is 10.0 Å². The molecule has 0 bridgehead atoms. The zero-order valence-electron chi connectivity index (χ0n) is 15.0. The molecular formula is C16H32N4O2S2. The predicted octanol–water partition coefficient (Wildman–Crippen LogP) is 1.50. The number of nitrogens with zero attached hydrogens (tertiary/aromatic N) is 2. The molecule has 1 saturated heterocycles. The number of rotatable bonds is 7. The van der Waals surface area contributed by atoms with Crippen LogP contribution in [0.2, 0.25) is 0 Å². The van der Waals surface area contributed by atoms with Crippen molar-refractivity contribution in [2.24, 2.45) is 10.4 Å². The maximum absolute atomic E-state index is 12.3. The van der Waals surface area contributed by atoms with Crippen molar-refractivity contribution in [2.75, 3.05) is 50.5 Å². The third kappa shape index (κ3) is 5.52. The lowest BCUT2D eigenvalue weighted by Gasteiger charge is -2.29. The van der Waals surface area contributed by atoms with E-state index in [-0.39, 0.29) is 5.75 Å². The van der Waals surface area contributed by atoms with Gasteiger partial charge in [-0.2, -0.15) is 11.8 Å². The van der Waals surface area contributed by atoms with E-state index in [1.165, 1.54) is 32.1 Å². The summed E-state index contributed by atoms with van der Waals surface area (Å²) in [6.07, 6.45) is 6.35. The molecule has 0 aromatic rings. The molecule has 0 aromatic heterocycles. The van der Waals surface area contributed by atoms with Crippen LogP contribution >= 0.6 is 11.8 Å². The highest BCUT2D eigenvalue weighted by Crippen LogP contribution is 2.40. The van der Waals surface area contributed by atoms with Gasteiger partial charge >= 0.3 is 0 Å². The van der Waals surface area contributed by atoms with Crippen molar-refractivity contribution in [1.82, 2.24) is 14.9 Å². The molecule has 8 heteroatoms. The van der Waals surface area contributed by atoms with Gasteiger partial charge in [0.15, 0.2) is 5.96 Å². The van der Waals surface area contributed by atoms with E-state index in [1.54, 1.807) is 11.4 Å². The molecule has 0 amide bonds. The first-order chi connectivity index (χ1) is 11.5. The second-order valence-electron chi connectivity index (χ2n) is 6.74. The molecule has 140 valence electrons. The summed E-state index contributed by atoms with van der Waals surface area (Å²) in [4.78, 5) is 4.23. The summed E-state index contributed by atoms with van der Waals surface area (Å²) in [5.74, 6) is 2.63. The van der Waals surface area contributed by atoms with Gasteiger partial charge in [0.2, 0.25) is 10.0 Å². The Morgan fingerprint density at radius 2 is 1.88 bits per heavy atom. The lowest BCUT2D eigenvalue weighted by atomic mass is 9.83. The summed E-state index contributed by atoms with van der Waals surface area (Å²) >= 11 is 1.82. The van der Waals surface area contributed by atoms with E-state index >= 15 is 0 Å². The van der Waals surface area contributed by atoms with Crippen LogP contribution in [0.5, 0.6) is 0 Å². The van der Waals surface area contributed by atoms with Crippen molar-refractivity contribution in [1.29, 1.82) is 0 Å². The minimum Gasteiger partial charge on any atom is -0.356 e. The number of thioether (sulfide) groups is 1. The highest BCUT2D eigenvalue weighted by Gasteiger charge is 2.32. The van der Waals surface area contributed by atoms with Gasteiger partial charge in [-0.15, -0.1) is 0 Å². The Balaban J connectivity index is 1.75. The van der Waals surface area contributed by atoms with Crippen molar-refractivity contribution in [3.63, 3.8) is 0 Å². The van der Waals surface area contributed by atoms with Gasteiger partial charge in [-0.25, -0.2) is 12.7 Å². The van der Waals surface area contributed by atoms with E-state index < -0.39 is 10.0 Å². The first kappa shape index (κ1) is 19.8. The van der Waals surface area contributed by atoms with Crippen LogP contribution < -0.4 is 10.6 Å². The van der Waals surface area contributed by atoms with Crippen LogP contribution in [0.1, 0.15) is 39.0 Å². The van der Waals surface area contributed by atoms with Gasteiger partial charge in [0.05, 0.1) is 5.75 Å². The Hall–Kier alpha value is -0.470. The maximum Gasteiger partial charge on any atom is 0.215 e. The minimum atomic E-state index is -3.16. The number of aliphatic imine (C=N–C) groups is 1. The predicted molar refractivity (Wildman–Crippen MR) is 103 cm³/mol. The maximum atomic E-state index is 12.3. The van der Waals surface area contributed by atoms with Gasteiger partial charge in [0.1, 0.15) is 0 Å². The Kier molecular flexibility index (Phi) is 7.68. The average Bonchev–Trinajstić information content (AvgIpc) is 3.08. The summed E-state index contributed by atoms with van der Waals surface area (Å²) in [7, 11) is -1.42. The number of hydrogen-bond acceptors (Lipinski definition) is 4. The Bertz CT molecular complexity index is 510. The molecule has 1 saturated carbocycles. The highest BCUT2D eigenvalue weighted by molar-refractivity contribution is 7.99. The van der Waals surface area contributed by atoms with E-state index in [0.29, 0.717) is 31.0 Å². The van der Waals surface area contributed by atoms with Gasteiger partial charge in [0.25, 0.3) is 0 Å². The topological polar surface area (TPSA) is 73.8 Å². The fraction of sp³-hybridized carbons (Fsp3) is 0.938. The molecule has 2 aliphatic rings. The van der Waals surface area contributed by atoms with Crippen molar-refractivity contribution < 1.29 is 8.42 Å². The summed E-state index contributed by atoms with van der Waals surface area (Å²) < 4.78 is 26.3. The zero-order valence-corrected chi connectivity index (χ0v) is 16.6. The highest BCUT2D eigenvalue weighted by atomic mass is 32.2. The molecule has 6 nitrogen and oxygen atoms in total. The molecule has 2 rings (SSSR count). The lowest BCUT2D eigenvalue weighted by molar-refractivity contribution is 0.283. The van der Waals surface area contributed by atoms with E-state index in [2.05, 4.69) is 22.5 Å². The Morgan fingerprint density at radius 1 is 1.21 bits per heavy atom. The van der Waals surface area contributed by atoms with Gasteiger partial charge in [-0.05, 0) is 24.7 Å². The standard InChI is InChI=1S/C16H32N4O2S2/c1-3-16(6-4-5-7-16)14-19-15(17-2)18-8-13-24(21,22)20-9-11-23-12-10-20/h3-14H2,1-2H3,(H2,17,18,19). The van der Waals surface area contributed by atoms with Crippen LogP contribution in [0.3, 0.4) is 0 Å². The number of nitrogens with one attached hydrogen (secondary N) is 2. The van der Waals surface area contributed by atoms with Crippen molar-refractivity contribution in [3.8, 4) is 0 Å². The quantitative estimate of drug-likeness (QED) is 0.520. The molecule has 24 heavy (non-hydrogen) atoms. The van der Waals surface area contributed by atoms with Crippen LogP contribution in [0.25, 0.3) is 0 Å². The summed E-state index contributed by atoms with van der Waals surface area (Å²) in [6, 6.07) is 0. The number of hydrogen-bond donors (Lipinski definition) is 2. The molecule has 0 unspecified atom stereocenters. The third-order valence-corrected chi connectivity index (χ3v) is 8.10. The first-order valence-corrected chi connectivity index (χ1v) is 11.8. The largest absolute Gasteiger partial charge is 0.356 e. The summed E-state index contributed by atoms with van der Waals surface area (Å²) in [6.45, 7) is 4.84. The number of sulfonamides is 1. The van der Waals surface area contributed by atoms with E-state index in [9.17, 15) is 8.42 Å². The van der Waals surface area contributed by atoms with Crippen LogP contribution in [0.4, 0.5) is 0 Å². The van der Waals surface area contributed by atoms with E-state index in [1.807, 2.05) is 11.8 Å². The zero-order chi connectivity index (χ0) is 17.5. The molecule has 0 radical (unpaired) electrons. The minimum absolute atomic E-state index is 0.122. The van der Waals surface area contributed by atoms with Crippen molar-refractivity contribution in [3.05, 3.63) is 0 Å². The molecular weight excluding hydrogens is 344 g/mol. The second kappa shape index (κ2) is 9.29. The lowest BCUT2D eigenvalue weighted by Crippen LogP contribution is -2.46. The second-order valence-corrected chi connectivity index (χ2v) is 10.1. The molecule has 1 heterocycles. The van der Waals surface area contributed by atoms with Crippen molar-refractivity contribution >= 4 is 27.7 Å². The molecule has 1 aliphatic carbocycles. The monoisotopic (exact) mass is 376 g/mol. The first-order valence-electron chi connectivity index (χ1n) is 9.01. The fourth-order valence-electron chi connectivity index (χ4n) is 3.52.